The van der Waals surface area contributed by atoms with E-state index in [4.69, 9.17) is 0 Å². The number of hydrogen-bond donors (Lipinski definition) is 0. The molecule has 22 valence electrons. The van der Waals surface area contributed by atoms with Crippen molar-refractivity contribution in [1.82, 2.24) is 0 Å². The third-order valence-corrected chi connectivity index (χ3v) is 0. The molecule has 0 spiro atoms. The Kier molecular flexibility index (Phi) is 152. The van der Waals surface area contributed by atoms with Gasteiger partial charge in [0.2, 0.25) is 0 Å². The van der Waals surface area contributed by atoms with Gasteiger partial charge in [0.15, 0.2) is 0 Å². The molecule has 0 rings (SSSR count). The molecule has 0 amide bonds. The van der Waals surface area contributed by atoms with Gasteiger partial charge in [-0.05, 0) is 0 Å². The third kappa shape index (κ3) is 8.84. The molecule has 0 saturated carbocycles. The average Bonchev–Trinajstić information content (AvgIpc) is 0. The minimum atomic E-state index is 0. The minimum absolute atomic E-state index is 0. The van der Waals surface area contributed by atoms with E-state index in [1.165, 1.54) is 0 Å². The molecule has 0 N–H and O–H groups in total. The molecular weight excluding hydrogens is 177 g/mol. The van der Waals surface area contributed by atoms with Crippen molar-refractivity contribution in [3.05, 3.63) is 0 Å². The zero-order valence-electron chi connectivity index (χ0n) is 1.77. The third-order valence-electron chi connectivity index (χ3n) is 0. The predicted molar refractivity (Wildman–Crippen MR) is 19.6 cm³/mol. The van der Waals surface area contributed by atoms with E-state index in [0.717, 1.165) is 0 Å². The maximum absolute atomic E-state index is 0. The van der Waals surface area contributed by atoms with Crippen LogP contribution in [0.4, 0.5) is 0 Å². The smallest absolute Gasteiger partial charge is 0.153 e. The van der Waals surface area contributed by atoms with Gasteiger partial charge in [-0.15, -0.1) is 0 Å². The standard InChI is InChI=1S/Fe.Mg.H3P.Zn.2H/h;;1H3;;;. The average molecular weight is 182 g/mol. The second-order valence-corrected chi connectivity index (χ2v) is 0. The summed E-state index contributed by atoms with van der Waals surface area (Å²) in [6.45, 7) is 0. The van der Waals surface area contributed by atoms with Crippen molar-refractivity contribution < 1.29 is 36.5 Å². The van der Waals surface area contributed by atoms with Crippen molar-refractivity contribution in [2.45, 2.75) is 0 Å². The fourth-order valence-corrected chi connectivity index (χ4v) is 0. The van der Waals surface area contributed by atoms with Gasteiger partial charge >= 0.3 is 23.1 Å². The first-order valence-electron chi connectivity index (χ1n) is 0. The largest absolute Gasteiger partial charge is 0.316 e. The first-order chi connectivity index (χ1) is 0. The zero-order chi connectivity index (χ0) is 0. The SMILES string of the molecule is P.[Fe].[MgH2].[Zn]. The molecule has 0 aliphatic carbocycles. The summed E-state index contributed by atoms with van der Waals surface area (Å²) < 4.78 is 0. The Balaban J connectivity index is 0. The van der Waals surface area contributed by atoms with Crippen molar-refractivity contribution in [3.8, 4) is 0 Å². The van der Waals surface area contributed by atoms with E-state index in [0.29, 0.717) is 0 Å². The topological polar surface area (TPSA) is 0 Å². The molecule has 4 heteroatoms. The molecule has 0 fully saturated rings. The van der Waals surface area contributed by atoms with Crippen LogP contribution in [0.15, 0.2) is 0 Å². The molecule has 0 heterocycles. The molecule has 1 atom stereocenters. The molecule has 0 aromatic carbocycles. The van der Waals surface area contributed by atoms with Crippen molar-refractivity contribution in [2.75, 3.05) is 0 Å². The van der Waals surface area contributed by atoms with Gasteiger partial charge in [0.1, 0.15) is 0 Å². The summed E-state index contributed by atoms with van der Waals surface area (Å²) in [7, 11) is 0. The van der Waals surface area contributed by atoms with Crippen molar-refractivity contribution in [2.24, 2.45) is 0 Å². The van der Waals surface area contributed by atoms with Crippen molar-refractivity contribution >= 4 is 33.0 Å². The second kappa shape index (κ2) is 18.4. The van der Waals surface area contributed by atoms with Crippen LogP contribution in [-0.4, -0.2) is 23.1 Å². The van der Waals surface area contributed by atoms with Gasteiger partial charge in [0.25, 0.3) is 0 Å². The molecule has 0 bridgehead atoms. The van der Waals surface area contributed by atoms with E-state index in [1.54, 1.807) is 0 Å². The summed E-state index contributed by atoms with van der Waals surface area (Å²) in [6.07, 6.45) is 0. The molecule has 1 unspecified atom stereocenters. The van der Waals surface area contributed by atoms with Crippen LogP contribution < -0.4 is 0 Å². The first-order valence-corrected chi connectivity index (χ1v) is 0. The second-order valence-electron chi connectivity index (χ2n) is 0. The van der Waals surface area contributed by atoms with E-state index >= 15 is 0 Å². The summed E-state index contributed by atoms with van der Waals surface area (Å²) in [5, 5.41) is 0. The zero-order valence-corrected chi connectivity index (χ0v) is 7.25. The Morgan fingerprint density at radius 1 is 1.00 bits per heavy atom. The Morgan fingerprint density at radius 2 is 1.00 bits per heavy atom. The summed E-state index contributed by atoms with van der Waals surface area (Å²) in [6, 6.07) is 0. The molecule has 0 saturated heterocycles. The Hall–Kier alpha value is 2.34. The monoisotopic (exact) mass is 180 g/mol. The van der Waals surface area contributed by atoms with Gasteiger partial charge in [-0.1, -0.05) is 0 Å². The van der Waals surface area contributed by atoms with Gasteiger partial charge in [-0.2, -0.15) is 9.90 Å². The summed E-state index contributed by atoms with van der Waals surface area (Å²) >= 11 is 0. The van der Waals surface area contributed by atoms with Gasteiger partial charge in [-0.25, -0.2) is 0 Å². The maximum Gasteiger partial charge on any atom is 0.316 e. The molecule has 0 nitrogen and oxygen atoms in total. The van der Waals surface area contributed by atoms with Crippen LogP contribution in [0.2, 0.25) is 0 Å². The Labute approximate surface area is 68.9 Å². The van der Waals surface area contributed by atoms with Crippen LogP contribution in [0.1, 0.15) is 0 Å². The summed E-state index contributed by atoms with van der Waals surface area (Å²) in [4.78, 5) is 0. The van der Waals surface area contributed by atoms with E-state index in [2.05, 4.69) is 0 Å². The van der Waals surface area contributed by atoms with Crippen LogP contribution in [0.25, 0.3) is 0 Å². The molecule has 0 aliphatic heterocycles. The first kappa shape index (κ1) is 33.0. The van der Waals surface area contributed by atoms with Gasteiger partial charge in [0, 0.05) is 36.5 Å². The van der Waals surface area contributed by atoms with Gasteiger partial charge in [-0.3, -0.25) is 0 Å². The maximum atomic E-state index is 0. The quantitative estimate of drug-likeness (QED) is 0.337. The fraction of sp³-hybridized carbons (Fsp3) is 0. The van der Waals surface area contributed by atoms with Crippen molar-refractivity contribution in [1.29, 1.82) is 0 Å². The molecule has 0 aromatic heterocycles. The molecule has 0 aliphatic rings. The van der Waals surface area contributed by atoms with E-state index in [1.807, 2.05) is 0 Å². The molecule has 4 heavy (non-hydrogen) atoms. The minimum Gasteiger partial charge on any atom is -0.153 e. The summed E-state index contributed by atoms with van der Waals surface area (Å²) in [5.74, 6) is 0. The van der Waals surface area contributed by atoms with E-state index in [9.17, 15) is 0 Å². The van der Waals surface area contributed by atoms with Gasteiger partial charge in [0.05, 0.1) is 0 Å². The van der Waals surface area contributed by atoms with Crippen LogP contribution in [0, 0.1) is 0 Å². The normalized spacial score (nSPS) is 0. The van der Waals surface area contributed by atoms with E-state index in [-0.39, 0.29) is 69.5 Å². The predicted octanol–water partition coefficient (Wildman–Crippen LogP) is -0.863. The van der Waals surface area contributed by atoms with Crippen LogP contribution >= 0.6 is 9.90 Å². The number of rotatable bonds is 0. The molecule has 0 aromatic rings. The van der Waals surface area contributed by atoms with Crippen LogP contribution in [0.3, 0.4) is 0 Å². The Morgan fingerprint density at radius 3 is 1.00 bits per heavy atom. The fourth-order valence-electron chi connectivity index (χ4n) is 0. The van der Waals surface area contributed by atoms with Crippen LogP contribution in [-0.2, 0) is 36.5 Å². The number of hydrogen-bond acceptors (Lipinski definition) is 0. The van der Waals surface area contributed by atoms with Gasteiger partial charge < -0.3 is 0 Å². The van der Waals surface area contributed by atoms with E-state index < -0.39 is 0 Å². The summed E-state index contributed by atoms with van der Waals surface area (Å²) in [5.41, 5.74) is 0. The molecular formula is H5FeMgPZn. The van der Waals surface area contributed by atoms with Crippen molar-refractivity contribution in [3.63, 3.8) is 0 Å². The van der Waals surface area contributed by atoms with Crippen LogP contribution in [0.5, 0.6) is 0 Å². The Bertz CT molecular complexity index is 8.00. The molecule has 0 radical (unpaired) electrons.